The van der Waals surface area contributed by atoms with Gasteiger partial charge in [-0.1, -0.05) is 23.7 Å². The van der Waals surface area contributed by atoms with Crippen LogP contribution in [0.15, 0.2) is 24.3 Å². The van der Waals surface area contributed by atoms with Crippen molar-refractivity contribution in [1.82, 2.24) is 10.6 Å². The third-order valence-electron chi connectivity index (χ3n) is 4.54. The summed E-state index contributed by atoms with van der Waals surface area (Å²) in [5.41, 5.74) is 1.25. The van der Waals surface area contributed by atoms with Crippen molar-refractivity contribution in [1.29, 1.82) is 0 Å². The Kier molecular flexibility index (Phi) is 7.68. The van der Waals surface area contributed by atoms with E-state index in [1.165, 1.54) is 15.4 Å². The van der Waals surface area contributed by atoms with Crippen molar-refractivity contribution in [2.24, 2.45) is 0 Å². The molecule has 1 aromatic carbocycles. The normalized spacial score (nSPS) is 21.4. The zero-order valence-corrected chi connectivity index (χ0v) is 15.8. The number of rotatable bonds is 7. The lowest BCUT2D eigenvalue weighted by molar-refractivity contribution is -1.02. The molecule has 6 nitrogen and oxygen atoms in total. The van der Waals surface area contributed by atoms with Crippen molar-refractivity contribution in [2.45, 2.75) is 26.4 Å². The standard InChI is InChI=1S/C18H27ClN4O2/c1-3-20-18(25)14(2)21-17(24)13-23-9-7-22(8-10-23)12-15-5-4-6-16(19)11-15/h4-6,11,14H,3,7-10,12-13H2,1-2H3,(H,20,25)(H,21,24)/p+2/t14-/m1/s1. The molecule has 25 heavy (non-hydrogen) atoms. The molecule has 1 atom stereocenters. The molecule has 7 heteroatoms. The number of nitrogens with one attached hydrogen (secondary N) is 4. The van der Waals surface area contributed by atoms with Crippen molar-refractivity contribution >= 4 is 23.4 Å². The van der Waals surface area contributed by atoms with Gasteiger partial charge in [-0.05, 0) is 26.0 Å². The number of quaternary nitrogens is 2. The van der Waals surface area contributed by atoms with Gasteiger partial charge in [-0.25, -0.2) is 0 Å². The third-order valence-corrected chi connectivity index (χ3v) is 4.77. The largest absolute Gasteiger partial charge is 0.355 e. The maximum absolute atomic E-state index is 12.1. The van der Waals surface area contributed by atoms with E-state index in [1.807, 2.05) is 25.1 Å². The number of piperazine rings is 1. The fourth-order valence-electron chi connectivity index (χ4n) is 3.16. The van der Waals surface area contributed by atoms with Gasteiger partial charge in [0.15, 0.2) is 6.54 Å². The van der Waals surface area contributed by atoms with E-state index in [4.69, 9.17) is 11.6 Å². The highest BCUT2D eigenvalue weighted by Crippen LogP contribution is 2.09. The van der Waals surface area contributed by atoms with Crippen LogP contribution in [-0.2, 0) is 16.1 Å². The highest BCUT2D eigenvalue weighted by molar-refractivity contribution is 6.30. The Bertz CT molecular complexity index is 588. The number of hydrogen-bond donors (Lipinski definition) is 4. The summed E-state index contributed by atoms with van der Waals surface area (Å²) in [6.45, 7) is 9.51. The molecule has 1 aliphatic rings. The number of carbonyl (C=O) groups is 2. The van der Waals surface area contributed by atoms with Crippen LogP contribution in [0.3, 0.4) is 0 Å². The van der Waals surface area contributed by atoms with Gasteiger partial charge < -0.3 is 20.4 Å². The Morgan fingerprint density at radius 1 is 1.20 bits per heavy atom. The number of amides is 2. The van der Waals surface area contributed by atoms with E-state index in [1.54, 1.807) is 6.92 Å². The molecule has 0 unspecified atom stereocenters. The van der Waals surface area contributed by atoms with Crippen LogP contribution < -0.4 is 20.4 Å². The number of hydrogen-bond acceptors (Lipinski definition) is 2. The lowest BCUT2D eigenvalue weighted by atomic mass is 10.2. The Labute approximate surface area is 154 Å². The second-order valence-electron chi connectivity index (χ2n) is 6.67. The molecule has 0 saturated carbocycles. The smallest absolute Gasteiger partial charge is 0.275 e. The Balaban J connectivity index is 1.71. The monoisotopic (exact) mass is 368 g/mol. The van der Waals surface area contributed by atoms with Crippen LogP contribution in [0.25, 0.3) is 0 Å². The first-order valence-electron chi connectivity index (χ1n) is 8.96. The van der Waals surface area contributed by atoms with E-state index in [0.717, 1.165) is 37.7 Å². The minimum Gasteiger partial charge on any atom is -0.355 e. The predicted molar refractivity (Wildman–Crippen MR) is 97.7 cm³/mol. The van der Waals surface area contributed by atoms with Crippen molar-refractivity contribution in [2.75, 3.05) is 39.3 Å². The first-order chi connectivity index (χ1) is 12.0. The van der Waals surface area contributed by atoms with Gasteiger partial charge in [0.05, 0.1) is 0 Å². The molecular weight excluding hydrogens is 340 g/mol. The predicted octanol–water partition coefficient (Wildman–Crippen LogP) is -1.74. The highest BCUT2D eigenvalue weighted by atomic mass is 35.5. The summed E-state index contributed by atoms with van der Waals surface area (Å²) in [6.07, 6.45) is 0. The average molecular weight is 369 g/mol. The summed E-state index contributed by atoms with van der Waals surface area (Å²) in [5.74, 6) is -0.200. The van der Waals surface area contributed by atoms with Gasteiger partial charge in [-0.2, -0.15) is 0 Å². The summed E-state index contributed by atoms with van der Waals surface area (Å²) in [6, 6.07) is 7.52. The molecule has 1 saturated heterocycles. The number of halogens is 1. The molecule has 2 rings (SSSR count). The highest BCUT2D eigenvalue weighted by Gasteiger charge is 2.26. The first-order valence-corrected chi connectivity index (χ1v) is 9.34. The fraction of sp³-hybridized carbons (Fsp3) is 0.556. The van der Waals surface area contributed by atoms with E-state index < -0.39 is 6.04 Å². The van der Waals surface area contributed by atoms with Crippen molar-refractivity contribution in [3.8, 4) is 0 Å². The zero-order chi connectivity index (χ0) is 18.2. The second kappa shape index (κ2) is 9.75. The van der Waals surface area contributed by atoms with Crippen LogP contribution in [0.1, 0.15) is 19.4 Å². The van der Waals surface area contributed by atoms with Gasteiger partial charge in [0.1, 0.15) is 38.8 Å². The SMILES string of the molecule is CCNC(=O)[C@@H](C)NC(=O)C[NH+]1CC[NH+](Cc2cccc(Cl)c2)CC1. The fourth-order valence-corrected chi connectivity index (χ4v) is 3.37. The van der Waals surface area contributed by atoms with E-state index in [2.05, 4.69) is 16.7 Å². The maximum Gasteiger partial charge on any atom is 0.275 e. The third kappa shape index (κ3) is 6.65. The molecule has 1 aliphatic heterocycles. The van der Waals surface area contributed by atoms with Crippen molar-refractivity contribution in [3.63, 3.8) is 0 Å². The Morgan fingerprint density at radius 2 is 1.88 bits per heavy atom. The topological polar surface area (TPSA) is 67.1 Å². The molecule has 1 fully saturated rings. The van der Waals surface area contributed by atoms with E-state index in [-0.39, 0.29) is 11.8 Å². The van der Waals surface area contributed by atoms with Gasteiger partial charge in [0.25, 0.3) is 5.91 Å². The summed E-state index contributed by atoms with van der Waals surface area (Å²) < 4.78 is 0. The van der Waals surface area contributed by atoms with Crippen LogP contribution in [-0.4, -0.2) is 57.1 Å². The van der Waals surface area contributed by atoms with Gasteiger partial charge in [0.2, 0.25) is 5.91 Å². The summed E-state index contributed by atoms with van der Waals surface area (Å²) >= 11 is 6.04. The molecule has 1 heterocycles. The molecular formula is C18H29ClN4O2+2. The zero-order valence-electron chi connectivity index (χ0n) is 15.0. The maximum atomic E-state index is 12.1. The summed E-state index contributed by atoms with van der Waals surface area (Å²) in [4.78, 5) is 26.6. The van der Waals surface area contributed by atoms with E-state index in [0.29, 0.717) is 13.1 Å². The Morgan fingerprint density at radius 3 is 2.52 bits per heavy atom. The molecule has 2 amide bonds. The lowest BCUT2D eigenvalue weighted by Crippen LogP contribution is -3.28. The molecule has 138 valence electrons. The number of likely N-dealkylation sites (N-methyl/N-ethyl adjacent to an activating group) is 1. The van der Waals surface area contributed by atoms with Crippen LogP contribution in [0.5, 0.6) is 0 Å². The van der Waals surface area contributed by atoms with Crippen LogP contribution in [0, 0.1) is 0 Å². The molecule has 0 aliphatic carbocycles. The van der Waals surface area contributed by atoms with Gasteiger partial charge in [-0.15, -0.1) is 0 Å². The van der Waals surface area contributed by atoms with E-state index in [9.17, 15) is 9.59 Å². The quantitative estimate of drug-likeness (QED) is 0.462. The lowest BCUT2D eigenvalue weighted by Gasteiger charge is -2.29. The minimum atomic E-state index is -0.485. The van der Waals surface area contributed by atoms with Gasteiger partial charge in [-0.3, -0.25) is 9.59 Å². The molecule has 0 radical (unpaired) electrons. The molecule has 4 N–H and O–H groups in total. The van der Waals surface area contributed by atoms with Crippen molar-refractivity contribution in [3.05, 3.63) is 34.9 Å². The minimum absolute atomic E-state index is 0.0629. The summed E-state index contributed by atoms with van der Waals surface area (Å²) in [7, 11) is 0. The van der Waals surface area contributed by atoms with Crippen LogP contribution in [0.2, 0.25) is 5.02 Å². The van der Waals surface area contributed by atoms with Gasteiger partial charge >= 0.3 is 0 Å². The molecule has 0 bridgehead atoms. The molecule has 0 spiro atoms. The number of benzene rings is 1. The van der Waals surface area contributed by atoms with Crippen LogP contribution >= 0.6 is 11.6 Å². The molecule has 0 aromatic heterocycles. The van der Waals surface area contributed by atoms with Crippen LogP contribution in [0.4, 0.5) is 0 Å². The van der Waals surface area contributed by atoms with Gasteiger partial charge in [0, 0.05) is 17.1 Å². The second-order valence-corrected chi connectivity index (χ2v) is 7.10. The molecule has 1 aromatic rings. The van der Waals surface area contributed by atoms with Crippen molar-refractivity contribution < 1.29 is 19.4 Å². The van der Waals surface area contributed by atoms with E-state index >= 15 is 0 Å². The Hall–Kier alpha value is -1.63. The number of carbonyl (C=O) groups excluding carboxylic acids is 2. The first kappa shape index (κ1) is 19.7. The summed E-state index contributed by atoms with van der Waals surface area (Å²) in [5, 5.41) is 6.27. The average Bonchev–Trinajstić information content (AvgIpc) is 2.57.